The predicted molar refractivity (Wildman–Crippen MR) is 104 cm³/mol. The number of nitrogens with one attached hydrogen (secondary N) is 2. The number of morpholine rings is 1. The summed E-state index contributed by atoms with van der Waals surface area (Å²) in [6, 6.07) is 3.69. The molecule has 3 heterocycles. The summed E-state index contributed by atoms with van der Waals surface area (Å²) >= 11 is 0. The summed E-state index contributed by atoms with van der Waals surface area (Å²) in [6.45, 7) is 2.70. The normalized spacial score (nSPS) is 15.5. The van der Waals surface area contributed by atoms with E-state index in [2.05, 4.69) is 9.88 Å². The van der Waals surface area contributed by atoms with Crippen LogP contribution in [0.15, 0.2) is 36.7 Å². The van der Waals surface area contributed by atoms with Gasteiger partial charge in [0, 0.05) is 36.5 Å². The molecule has 1 aliphatic heterocycles. The highest BCUT2D eigenvalue weighted by Gasteiger charge is 2.18. The molecule has 0 aromatic carbocycles. The zero-order chi connectivity index (χ0) is 18.5. The maximum absolute atomic E-state index is 8.34. The Morgan fingerprint density at radius 1 is 1.31 bits per heavy atom. The topological polar surface area (TPSA) is 138 Å². The fourth-order valence-corrected chi connectivity index (χ4v) is 2.88. The van der Waals surface area contributed by atoms with E-state index in [0.717, 1.165) is 30.5 Å². The van der Waals surface area contributed by atoms with Crippen LogP contribution in [-0.2, 0) is 4.74 Å². The van der Waals surface area contributed by atoms with Gasteiger partial charge in [0.15, 0.2) is 0 Å². The summed E-state index contributed by atoms with van der Waals surface area (Å²) < 4.78 is 5.41. The lowest BCUT2D eigenvalue weighted by atomic mass is 10.0. The number of ether oxygens (including phenoxy) is 1. The van der Waals surface area contributed by atoms with Crippen LogP contribution >= 0.6 is 0 Å². The molecule has 8 nitrogen and oxygen atoms in total. The van der Waals surface area contributed by atoms with Gasteiger partial charge in [0.1, 0.15) is 17.0 Å². The van der Waals surface area contributed by atoms with E-state index in [0.29, 0.717) is 35.7 Å². The Morgan fingerprint density at radius 3 is 2.77 bits per heavy atom. The first-order chi connectivity index (χ1) is 12.7. The molecule has 0 saturated carbocycles. The van der Waals surface area contributed by atoms with Crippen LogP contribution in [0.3, 0.4) is 0 Å². The second kappa shape index (κ2) is 7.75. The minimum Gasteiger partial charge on any atom is -0.405 e. The SMILES string of the molecule is N=C/C=C(\N)c1nccc2c(C(=N)C=CN)cc(N3CCOCC3)nc12. The van der Waals surface area contributed by atoms with Crippen molar-refractivity contribution >= 4 is 34.3 Å². The van der Waals surface area contributed by atoms with Gasteiger partial charge in [0.2, 0.25) is 0 Å². The van der Waals surface area contributed by atoms with Crippen molar-refractivity contribution in [1.82, 2.24) is 9.97 Å². The van der Waals surface area contributed by atoms with Crippen molar-refractivity contribution in [1.29, 1.82) is 10.8 Å². The maximum atomic E-state index is 8.34. The highest BCUT2D eigenvalue weighted by atomic mass is 16.5. The molecule has 2 aromatic heterocycles. The number of pyridine rings is 2. The Hall–Kier alpha value is -3.26. The van der Waals surface area contributed by atoms with Crippen LogP contribution in [0.4, 0.5) is 5.82 Å². The smallest absolute Gasteiger partial charge is 0.130 e. The Kier molecular flexibility index (Phi) is 5.23. The van der Waals surface area contributed by atoms with Crippen molar-refractivity contribution in [3.05, 3.63) is 47.9 Å². The van der Waals surface area contributed by atoms with Crippen LogP contribution in [-0.4, -0.2) is 48.2 Å². The van der Waals surface area contributed by atoms with Crippen molar-refractivity contribution in [3.8, 4) is 0 Å². The quantitative estimate of drug-likeness (QED) is 0.598. The minimum atomic E-state index is 0.279. The molecular weight excluding hydrogens is 330 g/mol. The Labute approximate surface area is 151 Å². The number of nitrogens with two attached hydrogens (primary N) is 2. The summed E-state index contributed by atoms with van der Waals surface area (Å²) in [6.07, 6.45) is 7.09. The number of allylic oxidation sites excluding steroid dienone is 2. The average Bonchev–Trinajstić information content (AvgIpc) is 2.67. The lowest BCUT2D eigenvalue weighted by molar-refractivity contribution is 0.122. The average molecular weight is 351 g/mol. The molecule has 2 aromatic rings. The van der Waals surface area contributed by atoms with Crippen LogP contribution < -0.4 is 16.4 Å². The molecule has 0 unspecified atom stereocenters. The van der Waals surface area contributed by atoms with E-state index in [1.54, 1.807) is 12.3 Å². The highest BCUT2D eigenvalue weighted by Crippen LogP contribution is 2.27. The molecule has 0 atom stereocenters. The van der Waals surface area contributed by atoms with Crippen LogP contribution in [0, 0.1) is 10.8 Å². The molecule has 0 amide bonds. The fourth-order valence-electron chi connectivity index (χ4n) is 2.88. The van der Waals surface area contributed by atoms with Crippen molar-refractivity contribution in [3.63, 3.8) is 0 Å². The van der Waals surface area contributed by atoms with Crippen LogP contribution in [0.2, 0.25) is 0 Å². The number of anilines is 1. The maximum Gasteiger partial charge on any atom is 0.130 e. The summed E-state index contributed by atoms with van der Waals surface area (Å²) in [5, 5.41) is 16.4. The molecule has 3 rings (SSSR count). The monoisotopic (exact) mass is 351 g/mol. The number of hydrogen-bond donors (Lipinski definition) is 4. The molecule has 0 spiro atoms. The van der Waals surface area contributed by atoms with Crippen LogP contribution in [0.5, 0.6) is 0 Å². The number of nitrogens with zero attached hydrogens (tertiary/aromatic N) is 3. The van der Waals surface area contributed by atoms with Gasteiger partial charge in [-0.05, 0) is 30.5 Å². The number of rotatable bonds is 5. The van der Waals surface area contributed by atoms with E-state index in [4.69, 9.17) is 32.0 Å². The Morgan fingerprint density at radius 2 is 2.08 bits per heavy atom. The van der Waals surface area contributed by atoms with Gasteiger partial charge in [-0.15, -0.1) is 0 Å². The van der Waals surface area contributed by atoms with Gasteiger partial charge in [-0.1, -0.05) is 0 Å². The fraction of sp³-hybridized carbons (Fsp3) is 0.222. The lowest BCUT2D eigenvalue weighted by Crippen LogP contribution is -2.36. The predicted octanol–water partition coefficient (Wildman–Crippen LogP) is 1.26. The summed E-state index contributed by atoms with van der Waals surface area (Å²) in [7, 11) is 0. The first-order valence-electron chi connectivity index (χ1n) is 8.22. The van der Waals surface area contributed by atoms with E-state index in [9.17, 15) is 0 Å². The van der Waals surface area contributed by atoms with Crippen molar-refractivity contribution < 1.29 is 4.74 Å². The van der Waals surface area contributed by atoms with Crippen molar-refractivity contribution in [2.45, 2.75) is 0 Å². The molecule has 0 aliphatic carbocycles. The zero-order valence-corrected chi connectivity index (χ0v) is 14.3. The molecular formula is C18H21N7O. The molecule has 1 saturated heterocycles. The van der Waals surface area contributed by atoms with Gasteiger partial charge in [-0.3, -0.25) is 4.98 Å². The van der Waals surface area contributed by atoms with E-state index < -0.39 is 0 Å². The van der Waals surface area contributed by atoms with Crippen molar-refractivity contribution in [2.75, 3.05) is 31.2 Å². The molecule has 26 heavy (non-hydrogen) atoms. The molecule has 1 aliphatic rings. The van der Waals surface area contributed by atoms with E-state index in [1.807, 2.05) is 6.07 Å². The first kappa shape index (κ1) is 17.6. The highest BCUT2D eigenvalue weighted by molar-refractivity contribution is 6.15. The van der Waals surface area contributed by atoms with E-state index >= 15 is 0 Å². The van der Waals surface area contributed by atoms with Crippen LogP contribution in [0.1, 0.15) is 11.3 Å². The zero-order valence-electron chi connectivity index (χ0n) is 14.3. The Bertz CT molecular complexity index is 898. The van der Waals surface area contributed by atoms with Crippen molar-refractivity contribution in [2.24, 2.45) is 11.5 Å². The molecule has 1 fully saturated rings. The second-order valence-corrected chi connectivity index (χ2v) is 5.74. The van der Waals surface area contributed by atoms with Gasteiger partial charge in [-0.25, -0.2) is 4.98 Å². The van der Waals surface area contributed by atoms with Gasteiger partial charge in [0.05, 0.1) is 24.6 Å². The van der Waals surface area contributed by atoms with E-state index in [-0.39, 0.29) is 5.71 Å². The largest absolute Gasteiger partial charge is 0.405 e. The second-order valence-electron chi connectivity index (χ2n) is 5.74. The van der Waals surface area contributed by atoms with Gasteiger partial charge in [0.25, 0.3) is 0 Å². The summed E-state index contributed by atoms with van der Waals surface area (Å²) in [4.78, 5) is 11.2. The third-order valence-corrected chi connectivity index (χ3v) is 4.14. The number of hydrogen-bond acceptors (Lipinski definition) is 8. The molecule has 0 bridgehead atoms. The molecule has 8 heteroatoms. The molecule has 134 valence electrons. The van der Waals surface area contributed by atoms with Crippen LogP contribution in [0.25, 0.3) is 16.6 Å². The first-order valence-corrected chi connectivity index (χ1v) is 8.22. The molecule has 0 radical (unpaired) electrons. The standard InChI is InChI=1S/C18H21N7O/c19-4-1-14(21)13-11-16(25-7-9-26-10-8-25)24-17-12(13)3-6-23-18(17)15(22)2-5-20/h1-6,11,20-21H,7-10,19,22H2/b4-1?,15-2-,20-5?,21-14?. The number of aromatic nitrogens is 2. The third-order valence-electron chi connectivity index (χ3n) is 4.14. The number of fused-ring (bicyclic) bond motifs is 1. The summed E-state index contributed by atoms with van der Waals surface area (Å²) in [5.74, 6) is 0.739. The summed E-state index contributed by atoms with van der Waals surface area (Å²) in [5.41, 5.74) is 14.0. The van der Waals surface area contributed by atoms with Gasteiger partial charge < -0.3 is 31.9 Å². The minimum absolute atomic E-state index is 0.279. The van der Waals surface area contributed by atoms with Gasteiger partial charge in [-0.2, -0.15) is 0 Å². The molecule has 6 N–H and O–H groups in total. The van der Waals surface area contributed by atoms with E-state index in [1.165, 1.54) is 18.4 Å². The third kappa shape index (κ3) is 3.40. The lowest BCUT2D eigenvalue weighted by Gasteiger charge is -2.28. The Balaban J connectivity index is 2.26. The van der Waals surface area contributed by atoms with Gasteiger partial charge >= 0.3 is 0 Å².